The number of alkyl halides is 2. The van der Waals surface area contributed by atoms with Crippen LogP contribution in [0, 0.1) is 18.6 Å². The minimum Gasteiger partial charge on any atom is -0.487 e. The van der Waals surface area contributed by atoms with E-state index in [1.165, 1.54) is 47.9 Å². The van der Waals surface area contributed by atoms with E-state index in [2.05, 4.69) is 25.0 Å². The molecule has 6 rings (SSSR count). The lowest BCUT2D eigenvalue weighted by atomic mass is 10.1. The maximum atomic E-state index is 14.0. The number of para-hydroxylation sites is 1. The number of carbonyl (C=O) groups is 1. The number of aromatic amines is 1. The number of rotatable bonds is 9. The van der Waals surface area contributed by atoms with Crippen molar-refractivity contribution >= 4 is 22.5 Å². The monoisotopic (exact) mass is 603 g/mol. The number of hydrogen-bond donors (Lipinski definition) is 2. The molecule has 0 aliphatic heterocycles. The van der Waals surface area contributed by atoms with E-state index in [1.54, 1.807) is 25.1 Å². The van der Waals surface area contributed by atoms with E-state index in [0.29, 0.717) is 33.3 Å². The predicted octanol–water partition coefficient (Wildman–Crippen LogP) is 6.04. The van der Waals surface area contributed by atoms with Crippen LogP contribution in [0.5, 0.6) is 17.4 Å². The van der Waals surface area contributed by atoms with E-state index in [4.69, 9.17) is 15.2 Å². The summed E-state index contributed by atoms with van der Waals surface area (Å²) in [6, 6.07) is 9.55. The van der Waals surface area contributed by atoms with E-state index < -0.39 is 36.2 Å². The standard InChI is InChI=1S/C30H21F4N7O3/c1-15-5-27(44-29-20(31)3-2-4-21(29)32)38-12-24(15)41-30(35)19(11-39-41)28(42)23-6-16-7-25(43-13-26(33)34)18(8-22(16)40-23)17-9-36-14-37-10-17/h2-12,14,26,40H,13,35H2,1H3. The minimum absolute atomic E-state index is 0.00968. The summed E-state index contributed by atoms with van der Waals surface area (Å²) in [5.74, 6) is -2.71. The van der Waals surface area contributed by atoms with Crippen LogP contribution >= 0.6 is 0 Å². The van der Waals surface area contributed by atoms with Crippen LogP contribution in [0.2, 0.25) is 0 Å². The Hall–Kier alpha value is -5.79. The second-order valence-corrected chi connectivity index (χ2v) is 9.59. The lowest BCUT2D eigenvalue weighted by Gasteiger charge is -2.11. The average molecular weight is 604 g/mol. The van der Waals surface area contributed by atoms with Crippen molar-refractivity contribution in [2.24, 2.45) is 0 Å². The number of aryl methyl sites for hydroxylation is 1. The Kier molecular flexibility index (Phi) is 7.39. The Morgan fingerprint density at radius 3 is 2.50 bits per heavy atom. The van der Waals surface area contributed by atoms with Gasteiger partial charge in [-0.25, -0.2) is 37.2 Å². The molecule has 0 atom stereocenters. The van der Waals surface area contributed by atoms with Gasteiger partial charge in [-0.05, 0) is 42.8 Å². The number of carbonyl (C=O) groups excluding carboxylic acids is 1. The number of anilines is 1. The molecule has 14 heteroatoms. The molecule has 2 aromatic carbocycles. The molecule has 0 radical (unpaired) electrons. The fourth-order valence-electron chi connectivity index (χ4n) is 4.57. The van der Waals surface area contributed by atoms with Crippen LogP contribution in [-0.2, 0) is 0 Å². The van der Waals surface area contributed by atoms with Crippen LogP contribution in [0.4, 0.5) is 23.4 Å². The molecular formula is C30H21F4N7O3. The lowest BCUT2D eigenvalue weighted by Crippen LogP contribution is -2.09. The number of ether oxygens (including phenoxy) is 2. The number of aromatic nitrogens is 6. The van der Waals surface area contributed by atoms with Crippen molar-refractivity contribution in [1.82, 2.24) is 29.7 Å². The maximum absolute atomic E-state index is 14.0. The third-order valence-electron chi connectivity index (χ3n) is 6.66. The summed E-state index contributed by atoms with van der Waals surface area (Å²) in [7, 11) is 0. The lowest BCUT2D eigenvalue weighted by molar-refractivity contribution is 0.0822. The number of nitrogen functional groups attached to an aromatic ring is 1. The summed E-state index contributed by atoms with van der Waals surface area (Å²) >= 11 is 0. The third-order valence-corrected chi connectivity index (χ3v) is 6.66. The fraction of sp³-hybridized carbons (Fsp3) is 0.100. The van der Waals surface area contributed by atoms with Crippen molar-refractivity contribution < 1.29 is 31.8 Å². The SMILES string of the molecule is Cc1cc(Oc2c(F)cccc2F)ncc1-n1ncc(C(=O)c2cc3cc(OCC(F)F)c(-c4cncnc4)cc3[nH]2)c1N. The number of fused-ring (bicyclic) bond motifs is 1. The Bertz CT molecular complexity index is 1990. The minimum atomic E-state index is -2.69. The molecule has 44 heavy (non-hydrogen) atoms. The molecule has 0 unspecified atom stereocenters. The summed E-state index contributed by atoms with van der Waals surface area (Å²) < 4.78 is 65.8. The van der Waals surface area contributed by atoms with Crippen molar-refractivity contribution in [3.63, 3.8) is 0 Å². The fourth-order valence-corrected chi connectivity index (χ4v) is 4.57. The molecule has 3 N–H and O–H groups in total. The molecule has 0 amide bonds. The van der Waals surface area contributed by atoms with Crippen molar-refractivity contribution in [3.8, 4) is 34.2 Å². The number of pyridine rings is 1. The number of H-pyrrole nitrogens is 1. The van der Waals surface area contributed by atoms with Gasteiger partial charge in [-0.15, -0.1) is 0 Å². The molecule has 222 valence electrons. The number of hydrogen-bond acceptors (Lipinski definition) is 8. The zero-order valence-corrected chi connectivity index (χ0v) is 22.8. The first kappa shape index (κ1) is 28.3. The number of nitrogens with two attached hydrogens (primary N) is 1. The summed E-state index contributed by atoms with van der Waals surface area (Å²) in [5, 5.41) is 4.78. The second kappa shape index (κ2) is 11.5. The van der Waals surface area contributed by atoms with Crippen LogP contribution in [0.15, 0.2) is 73.6 Å². The van der Waals surface area contributed by atoms with Gasteiger partial charge in [0.2, 0.25) is 17.4 Å². The van der Waals surface area contributed by atoms with E-state index in [9.17, 15) is 22.4 Å². The number of nitrogens with one attached hydrogen (secondary N) is 1. The number of nitrogens with zero attached hydrogens (tertiary/aromatic N) is 5. The summed E-state index contributed by atoms with van der Waals surface area (Å²) in [6.45, 7) is 0.866. The van der Waals surface area contributed by atoms with Crippen molar-refractivity contribution in [1.29, 1.82) is 0 Å². The quantitative estimate of drug-likeness (QED) is 0.151. The Morgan fingerprint density at radius 1 is 1.05 bits per heavy atom. The molecule has 0 saturated heterocycles. The van der Waals surface area contributed by atoms with Gasteiger partial charge in [0.25, 0.3) is 6.43 Å². The van der Waals surface area contributed by atoms with E-state index >= 15 is 0 Å². The van der Waals surface area contributed by atoms with Gasteiger partial charge in [0.1, 0.15) is 24.5 Å². The van der Waals surface area contributed by atoms with Gasteiger partial charge in [0.05, 0.1) is 29.3 Å². The molecule has 0 aliphatic rings. The van der Waals surface area contributed by atoms with Gasteiger partial charge in [-0.3, -0.25) is 4.79 Å². The Balaban J connectivity index is 1.30. The van der Waals surface area contributed by atoms with Crippen LogP contribution in [-0.4, -0.2) is 48.5 Å². The smallest absolute Gasteiger partial charge is 0.272 e. The Labute approximate surface area is 246 Å². The predicted molar refractivity (Wildman–Crippen MR) is 151 cm³/mol. The van der Waals surface area contributed by atoms with Crippen LogP contribution in [0.1, 0.15) is 21.6 Å². The van der Waals surface area contributed by atoms with Crippen molar-refractivity contribution in [2.75, 3.05) is 12.3 Å². The molecule has 0 bridgehead atoms. The van der Waals surface area contributed by atoms with Crippen molar-refractivity contribution in [3.05, 3.63) is 102 Å². The highest BCUT2D eigenvalue weighted by atomic mass is 19.3. The van der Waals surface area contributed by atoms with Crippen LogP contribution < -0.4 is 15.2 Å². The largest absolute Gasteiger partial charge is 0.487 e. The molecule has 0 fully saturated rings. The molecular weight excluding hydrogens is 582 g/mol. The highest BCUT2D eigenvalue weighted by molar-refractivity contribution is 6.12. The van der Waals surface area contributed by atoms with Gasteiger partial charge in [0.15, 0.2) is 11.6 Å². The molecule has 0 spiro atoms. The zero-order valence-electron chi connectivity index (χ0n) is 22.8. The molecule has 4 aromatic heterocycles. The Morgan fingerprint density at radius 2 is 1.80 bits per heavy atom. The first-order valence-electron chi connectivity index (χ1n) is 13.0. The molecule has 4 heterocycles. The maximum Gasteiger partial charge on any atom is 0.272 e. The van der Waals surface area contributed by atoms with Crippen molar-refractivity contribution in [2.45, 2.75) is 13.3 Å². The van der Waals surface area contributed by atoms with Gasteiger partial charge in [-0.2, -0.15) is 5.10 Å². The molecule has 10 nitrogen and oxygen atoms in total. The van der Waals surface area contributed by atoms with Gasteiger partial charge in [-0.1, -0.05) is 6.07 Å². The van der Waals surface area contributed by atoms with E-state index in [-0.39, 0.29) is 28.7 Å². The van der Waals surface area contributed by atoms with Crippen LogP contribution in [0.3, 0.4) is 0 Å². The first-order valence-corrected chi connectivity index (χ1v) is 13.0. The summed E-state index contributed by atoms with van der Waals surface area (Å²) in [5.41, 5.74) is 9.04. The highest BCUT2D eigenvalue weighted by Crippen LogP contribution is 2.35. The van der Waals surface area contributed by atoms with Gasteiger partial charge < -0.3 is 20.2 Å². The van der Waals surface area contributed by atoms with Crippen LogP contribution in [0.25, 0.3) is 27.7 Å². The third kappa shape index (κ3) is 5.40. The summed E-state index contributed by atoms with van der Waals surface area (Å²) in [6.07, 6.45) is 4.32. The molecule has 6 aromatic rings. The molecule has 0 saturated carbocycles. The van der Waals surface area contributed by atoms with E-state index in [1.807, 2.05) is 0 Å². The van der Waals surface area contributed by atoms with Gasteiger partial charge >= 0.3 is 0 Å². The topological polar surface area (TPSA) is 134 Å². The normalized spacial score (nSPS) is 11.3. The molecule has 0 aliphatic carbocycles. The zero-order chi connectivity index (χ0) is 31.0. The second-order valence-electron chi connectivity index (χ2n) is 9.59. The highest BCUT2D eigenvalue weighted by Gasteiger charge is 2.22. The number of benzene rings is 2. The number of ketones is 1. The summed E-state index contributed by atoms with van der Waals surface area (Å²) in [4.78, 5) is 28.6. The average Bonchev–Trinajstić information content (AvgIpc) is 3.60. The van der Waals surface area contributed by atoms with Gasteiger partial charge in [0, 0.05) is 40.5 Å². The first-order chi connectivity index (χ1) is 21.2. The van der Waals surface area contributed by atoms with E-state index in [0.717, 1.165) is 12.1 Å². The number of halogens is 4.